The van der Waals surface area contributed by atoms with E-state index in [2.05, 4.69) is 58.9 Å². The van der Waals surface area contributed by atoms with Crippen molar-refractivity contribution < 1.29 is 9.53 Å². The first-order valence-corrected chi connectivity index (χ1v) is 14.4. The average molecular weight is 563 g/mol. The predicted molar refractivity (Wildman–Crippen MR) is 161 cm³/mol. The summed E-state index contributed by atoms with van der Waals surface area (Å²) in [6.45, 7) is 13.4. The number of carbonyl (C=O) groups excluding carboxylic acids is 1. The van der Waals surface area contributed by atoms with E-state index in [4.69, 9.17) is 10.5 Å². The highest BCUT2D eigenvalue weighted by atomic mass is 16.6. The maximum atomic E-state index is 11.9. The summed E-state index contributed by atoms with van der Waals surface area (Å²) in [5.74, 6) is 2.01. The lowest BCUT2D eigenvalue weighted by Crippen LogP contribution is -2.46. The Bertz CT molecular complexity index is 1470. The smallest absolute Gasteiger partial charge is 0.407 e. The summed E-state index contributed by atoms with van der Waals surface area (Å²) in [6, 6.07) is 0.483. The SMILES string of the molecule is Cc1c[nH]c2ncnc(N3CCC(N)CC3)c12.Cc1c[nH]c2ncnc(N3CCC(NC(=O)OC(C)(C)C)CC3)c12. The topological polar surface area (TPSA) is 154 Å². The molecule has 4 aromatic heterocycles. The molecule has 6 rings (SSSR count). The number of aromatic nitrogens is 6. The molecule has 5 N–H and O–H groups in total. The van der Waals surface area contributed by atoms with Gasteiger partial charge in [0.15, 0.2) is 0 Å². The molecular formula is C29H42N10O2. The van der Waals surface area contributed by atoms with Gasteiger partial charge in [0.1, 0.15) is 41.2 Å². The van der Waals surface area contributed by atoms with Gasteiger partial charge in [-0.1, -0.05) is 0 Å². The minimum Gasteiger partial charge on any atom is -0.444 e. The van der Waals surface area contributed by atoms with E-state index in [0.717, 1.165) is 91.1 Å². The van der Waals surface area contributed by atoms with Crippen LogP contribution in [0.25, 0.3) is 22.1 Å². The van der Waals surface area contributed by atoms with Crippen molar-refractivity contribution in [1.82, 2.24) is 35.2 Å². The summed E-state index contributed by atoms with van der Waals surface area (Å²) in [4.78, 5) is 40.3. The van der Waals surface area contributed by atoms with Gasteiger partial charge >= 0.3 is 6.09 Å². The number of nitrogens with one attached hydrogen (secondary N) is 3. The molecule has 0 saturated carbocycles. The maximum Gasteiger partial charge on any atom is 0.407 e. The normalized spacial score (nSPS) is 17.0. The van der Waals surface area contributed by atoms with Crippen LogP contribution in [0, 0.1) is 13.8 Å². The number of aryl methyl sites for hydroxylation is 2. The zero-order valence-electron chi connectivity index (χ0n) is 24.7. The molecule has 0 spiro atoms. The summed E-state index contributed by atoms with van der Waals surface area (Å²) >= 11 is 0. The Morgan fingerprint density at radius 1 is 0.854 bits per heavy atom. The van der Waals surface area contributed by atoms with Crippen molar-refractivity contribution in [1.29, 1.82) is 0 Å². The summed E-state index contributed by atoms with van der Waals surface area (Å²) < 4.78 is 5.33. The third kappa shape index (κ3) is 6.70. The first kappa shape index (κ1) is 28.6. The number of nitrogens with zero attached hydrogens (tertiary/aromatic N) is 6. The largest absolute Gasteiger partial charge is 0.444 e. The van der Waals surface area contributed by atoms with E-state index in [1.807, 2.05) is 33.2 Å². The number of piperidine rings is 2. The molecule has 0 bridgehead atoms. The van der Waals surface area contributed by atoms with Crippen LogP contribution in [0.5, 0.6) is 0 Å². The highest BCUT2D eigenvalue weighted by Crippen LogP contribution is 2.29. The third-order valence-corrected chi connectivity index (χ3v) is 7.65. The highest BCUT2D eigenvalue weighted by molar-refractivity contribution is 5.91. The second kappa shape index (κ2) is 11.9. The molecule has 0 aliphatic carbocycles. The molecule has 6 heterocycles. The number of ether oxygens (including phenoxy) is 1. The van der Waals surface area contributed by atoms with Gasteiger partial charge in [-0.05, 0) is 71.4 Å². The van der Waals surface area contributed by atoms with Crippen LogP contribution < -0.4 is 20.9 Å². The minimum atomic E-state index is -0.469. The molecule has 12 nitrogen and oxygen atoms in total. The van der Waals surface area contributed by atoms with E-state index in [9.17, 15) is 4.79 Å². The van der Waals surface area contributed by atoms with Crippen molar-refractivity contribution in [2.45, 2.75) is 78.0 Å². The van der Waals surface area contributed by atoms with Gasteiger partial charge in [0.05, 0.1) is 10.8 Å². The number of aromatic amines is 2. The van der Waals surface area contributed by atoms with E-state index < -0.39 is 5.60 Å². The molecule has 220 valence electrons. The molecule has 12 heteroatoms. The molecule has 1 amide bonds. The summed E-state index contributed by atoms with van der Waals surface area (Å²) in [7, 11) is 0. The average Bonchev–Trinajstić information content (AvgIpc) is 3.51. The van der Waals surface area contributed by atoms with Crippen molar-refractivity contribution in [3.63, 3.8) is 0 Å². The van der Waals surface area contributed by atoms with Gasteiger partial charge in [0.25, 0.3) is 0 Å². The van der Waals surface area contributed by atoms with Crippen molar-refractivity contribution in [3.8, 4) is 0 Å². The lowest BCUT2D eigenvalue weighted by molar-refractivity contribution is 0.0497. The Hall–Kier alpha value is -3.93. The molecule has 0 aromatic carbocycles. The van der Waals surface area contributed by atoms with Crippen LogP contribution in [-0.2, 0) is 4.74 Å². The number of anilines is 2. The van der Waals surface area contributed by atoms with E-state index in [0.29, 0.717) is 6.04 Å². The van der Waals surface area contributed by atoms with Gasteiger partial charge in [-0.3, -0.25) is 0 Å². The van der Waals surface area contributed by atoms with Crippen molar-refractivity contribution >= 4 is 39.8 Å². The fraction of sp³-hybridized carbons (Fsp3) is 0.552. The Balaban J connectivity index is 0.000000174. The van der Waals surface area contributed by atoms with E-state index in [1.165, 1.54) is 5.56 Å². The van der Waals surface area contributed by atoms with Gasteiger partial charge < -0.3 is 35.6 Å². The predicted octanol–water partition coefficient (Wildman–Crippen LogP) is 3.95. The molecule has 0 atom stereocenters. The number of hydrogen-bond acceptors (Lipinski definition) is 9. The molecule has 0 radical (unpaired) electrons. The van der Waals surface area contributed by atoms with Crippen molar-refractivity contribution in [2.75, 3.05) is 36.0 Å². The van der Waals surface area contributed by atoms with Crippen molar-refractivity contribution in [3.05, 3.63) is 36.2 Å². The quantitative estimate of drug-likeness (QED) is 0.290. The second-order valence-corrected chi connectivity index (χ2v) is 12.0. The third-order valence-electron chi connectivity index (χ3n) is 7.65. The van der Waals surface area contributed by atoms with Crippen LogP contribution in [0.2, 0.25) is 0 Å². The number of hydrogen-bond donors (Lipinski definition) is 4. The maximum absolute atomic E-state index is 11.9. The molecule has 2 aliphatic rings. The summed E-state index contributed by atoms with van der Waals surface area (Å²) in [5.41, 5.74) is 9.60. The van der Waals surface area contributed by atoms with Crippen molar-refractivity contribution in [2.24, 2.45) is 5.73 Å². The van der Waals surface area contributed by atoms with E-state index in [1.54, 1.807) is 12.7 Å². The second-order valence-electron chi connectivity index (χ2n) is 12.0. The van der Waals surface area contributed by atoms with Gasteiger partial charge in [-0.2, -0.15) is 0 Å². The Labute approximate surface area is 240 Å². The number of rotatable bonds is 3. The zero-order chi connectivity index (χ0) is 29.1. The van der Waals surface area contributed by atoms with Gasteiger partial charge in [0.2, 0.25) is 0 Å². The fourth-order valence-corrected chi connectivity index (χ4v) is 5.50. The fourth-order valence-electron chi connectivity index (χ4n) is 5.50. The molecule has 0 unspecified atom stereocenters. The Morgan fingerprint density at radius 2 is 1.32 bits per heavy atom. The Morgan fingerprint density at radius 3 is 1.78 bits per heavy atom. The molecule has 41 heavy (non-hydrogen) atoms. The van der Waals surface area contributed by atoms with Crippen LogP contribution in [0.1, 0.15) is 57.6 Å². The number of alkyl carbamates (subject to hydrolysis) is 1. The van der Waals surface area contributed by atoms with Gasteiger partial charge in [-0.15, -0.1) is 0 Å². The minimum absolute atomic E-state index is 0.140. The lowest BCUT2D eigenvalue weighted by atomic mass is 10.0. The van der Waals surface area contributed by atoms with Crippen LogP contribution in [0.15, 0.2) is 25.0 Å². The van der Waals surface area contributed by atoms with Crippen LogP contribution in [-0.4, -0.2) is 79.9 Å². The molecular weight excluding hydrogens is 520 g/mol. The van der Waals surface area contributed by atoms with E-state index in [-0.39, 0.29) is 12.1 Å². The molecule has 4 aromatic rings. The number of nitrogens with two attached hydrogens (primary N) is 1. The zero-order valence-corrected chi connectivity index (χ0v) is 24.7. The first-order chi connectivity index (χ1) is 19.6. The molecule has 2 saturated heterocycles. The molecule has 2 fully saturated rings. The summed E-state index contributed by atoms with van der Waals surface area (Å²) in [5, 5.41) is 5.19. The van der Waals surface area contributed by atoms with E-state index >= 15 is 0 Å². The number of fused-ring (bicyclic) bond motifs is 2. The number of amides is 1. The standard InChI is InChI=1S/C17H25N5O2.C12H17N5/c1-11-9-18-14-13(11)15(20-10-19-14)22-7-5-12(6-8-22)21-16(23)24-17(2,3)4;1-8-6-14-11-10(8)12(16-7-15-11)17-4-2-9(13)3-5-17/h9-10,12H,5-8H2,1-4H3,(H,21,23)(H,18,19,20);6-7,9H,2-5,13H2,1H3,(H,14,15,16). The Kier molecular flexibility index (Phi) is 8.30. The van der Waals surface area contributed by atoms with Gasteiger partial charge in [-0.25, -0.2) is 24.7 Å². The number of H-pyrrole nitrogens is 2. The highest BCUT2D eigenvalue weighted by Gasteiger charge is 2.26. The summed E-state index contributed by atoms with van der Waals surface area (Å²) in [6.07, 6.45) is 10.6. The van der Waals surface area contributed by atoms with Crippen LogP contribution in [0.4, 0.5) is 16.4 Å². The molecule has 2 aliphatic heterocycles. The lowest BCUT2D eigenvalue weighted by Gasteiger charge is -2.33. The first-order valence-electron chi connectivity index (χ1n) is 14.4. The van der Waals surface area contributed by atoms with Gasteiger partial charge in [0, 0.05) is 50.7 Å². The van der Waals surface area contributed by atoms with Crippen LogP contribution in [0.3, 0.4) is 0 Å². The van der Waals surface area contributed by atoms with Crippen LogP contribution >= 0.6 is 0 Å². The monoisotopic (exact) mass is 562 g/mol. The number of carbonyl (C=O) groups is 1.